The molecule has 1 rings (SSSR count). The SMILES string of the molecule is CNCC(O)c1ccc(C(C)C)nc1. The summed E-state index contributed by atoms with van der Waals surface area (Å²) in [5, 5.41) is 12.6. The van der Waals surface area contributed by atoms with Gasteiger partial charge in [0.05, 0.1) is 6.10 Å². The molecular weight excluding hydrogens is 176 g/mol. The highest BCUT2D eigenvalue weighted by molar-refractivity contribution is 5.18. The first-order valence-corrected chi connectivity index (χ1v) is 4.93. The van der Waals surface area contributed by atoms with E-state index >= 15 is 0 Å². The van der Waals surface area contributed by atoms with Crippen LogP contribution in [0.5, 0.6) is 0 Å². The first kappa shape index (κ1) is 11.1. The second-order valence-electron chi connectivity index (χ2n) is 3.74. The number of hydrogen-bond acceptors (Lipinski definition) is 3. The van der Waals surface area contributed by atoms with Crippen molar-refractivity contribution in [3.63, 3.8) is 0 Å². The molecule has 3 nitrogen and oxygen atoms in total. The van der Waals surface area contributed by atoms with Crippen molar-refractivity contribution < 1.29 is 5.11 Å². The van der Waals surface area contributed by atoms with E-state index in [4.69, 9.17) is 0 Å². The summed E-state index contributed by atoms with van der Waals surface area (Å²) in [5.41, 5.74) is 1.93. The number of pyridine rings is 1. The fourth-order valence-electron chi connectivity index (χ4n) is 1.27. The Hall–Kier alpha value is -0.930. The lowest BCUT2D eigenvalue weighted by atomic mass is 10.1. The van der Waals surface area contributed by atoms with Crippen molar-refractivity contribution in [2.45, 2.75) is 25.9 Å². The van der Waals surface area contributed by atoms with E-state index in [2.05, 4.69) is 24.1 Å². The molecule has 1 atom stereocenters. The molecule has 1 aromatic rings. The summed E-state index contributed by atoms with van der Waals surface area (Å²) < 4.78 is 0. The van der Waals surface area contributed by atoms with E-state index in [1.807, 2.05) is 19.2 Å². The molecule has 0 aliphatic carbocycles. The van der Waals surface area contributed by atoms with E-state index in [0.29, 0.717) is 12.5 Å². The molecule has 0 bridgehead atoms. The number of rotatable bonds is 4. The topological polar surface area (TPSA) is 45.1 Å². The zero-order valence-electron chi connectivity index (χ0n) is 8.99. The molecule has 0 saturated carbocycles. The molecule has 1 aromatic heterocycles. The van der Waals surface area contributed by atoms with Gasteiger partial charge in [-0.05, 0) is 19.0 Å². The highest BCUT2D eigenvalue weighted by atomic mass is 16.3. The quantitative estimate of drug-likeness (QED) is 0.762. The fraction of sp³-hybridized carbons (Fsp3) is 0.545. The van der Waals surface area contributed by atoms with Gasteiger partial charge in [-0.2, -0.15) is 0 Å². The third kappa shape index (κ3) is 2.79. The second-order valence-corrected chi connectivity index (χ2v) is 3.74. The minimum Gasteiger partial charge on any atom is -0.387 e. The van der Waals surface area contributed by atoms with Crippen LogP contribution in [0.25, 0.3) is 0 Å². The maximum Gasteiger partial charge on any atom is 0.0929 e. The molecule has 0 aliphatic rings. The number of aromatic nitrogens is 1. The van der Waals surface area contributed by atoms with Crippen molar-refractivity contribution in [3.05, 3.63) is 29.6 Å². The molecule has 14 heavy (non-hydrogen) atoms. The number of aliphatic hydroxyl groups is 1. The number of nitrogens with one attached hydrogen (secondary N) is 1. The largest absolute Gasteiger partial charge is 0.387 e. The third-order valence-corrected chi connectivity index (χ3v) is 2.18. The van der Waals surface area contributed by atoms with E-state index in [9.17, 15) is 5.11 Å². The van der Waals surface area contributed by atoms with E-state index in [1.54, 1.807) is 6.20 Å². The molecule has 0 aliphatic heterocycles. The van der Waals surface area contributed by atoms with Gasteiger partial charge in [0.2, 0.25) is 0 Å². The Labute approximate surface area is 85.2 Å². The Bertz CT molecular complexity index is 269. The molecule has 0 radical (unpaired) electrons. The Morgan fingerprint density at radius 1 is 1.43 bits per heavy atom. The first-order valence-electron chi connectivity index (χ1n) is 4.93. The summed E-state index contributed by atoms with van der Waals surface area (Å²) >= 11 is 0. The molecule has 78 valence electrons. The molecular formula is C11H18N2O. The summed E-state index contributed by atoms with van der Waals surface area (Å²) in [5.74, 6) is 0.436. The van der Waals surface area contributed by atoms with Crippen LogP contribution in [0.3, 0.4) is 0 Å². The standard InChI is InChI=1S/C11H18N2O/c1-8(2)10-5-4-9(6-13-10)11(14)7-12-3/h4-6,8,11-12,14H,7H2,1-3H3. The number of aliphatic hydroxyl groups excluding tert-OH is 1. The Balaban J connectivity index is 2.72. The summed E-state index contributed by atoms with van der Waals surface area (Å²) in [4.78, 5) is 4.29. The Kier molecular flexibility index (Phi) is 4.04. The molecule has 0 fully saturated rings. The van der Waals surface area contributed by atoms with Crippen molar-refractivity contribution in [3.8, 4) is 0 Å². The van der Waals surface area contributed by atoms with Gasteiger partial charge in [-0.3, -0.25) is 4.98 Å². The van der Waals surface area contributed by atoms with Crippen molar-refractivity contribution in [2.75, 3.05) is 13.6 Å². The van der Waals surface area contributed by atoms with Crippen LogP contribution in [0.1, 0.15) is 37.1 Å². The average Bonchev–Trinajstić information content (AvgIpc) is 2.18. The van der Waals surface area contributed by atoms with Crippen LogP contribution in [0.15, 0.2) is 18.3 Å². The lowest BCUT2D eigenvalue weighted by Crippen LogP contribution is -2.16. The number of likely N-dealkylation sites (N-methyl/N-ethyl adjacent to an activating group) is 1. The highest BCUT2D eigenvalue weighted by Gasteiger charge is 2.07. The highest BCUT2D eigenvalue weighted by Crippen LogP contribution is 2.15. The maximum absolute atomic E-state index is 9.65. The normalized spacial score (nSPS) is 13.2. The molecule has 0 aromatic carbocycles. The molecule has 3 heteroatoms. The van der Waals surface area contributed by atoms with Crippen LogP contribution in [0.4, 0.5) is 0 Å². The smallest absolute Gasteiger partial charge is 0.0929 e. The van der Waals surface area contributed by atoms with Crippen LogP contribution in [0.2, 0.25) is 0 Å². The van der Waals surface area contributed by atoms with Crippen molar-refractivity contribution >= 4 is 0 Å². The zero-order valence-corrected chi connectivity index (χ0v) is 8.99. The monoisotopic (exact) mass is 194 g/mol. The minimum absolute atomic E-state index is 0.436. The van der Waals surface area contributed by atoms with Gasteiger partial charge in [-0.1, -0.05) is 19.9 Å². The van der Waals surface area contributed by atoms with Crippen molar-refractivity contribution in [1.29, 1.82) is 0 Å². The third-order valence-electron chi connectivity index (χ3n) is 2.18. The number of nitrogens with zero attached hydrogens (tertiary/aromatic N) is 1. The van der Waals surface area contributed by atoms with E-state index in [1.165, 1.54) is 0 Å². The van der Waals surface area contributed by atoms with Gasteiger partial charge in [-0.15, -0.1) is 0 Å². The summed E-state index contributed by atoms with van der Waals surface area (Å²) in [6, 6.07) is 3.91. The fourth-order valence-corrected chi connectivity index (χ4v) is 1.27. The van der Waals surface area contributed by atoms with E-state index < -0.39 is 6.10 Å². The van der Waals surface area contributed by atoms with Gasteiger partial charge in [0.1, 0.15) is 0 Å². The second kappa shape index (κ2) is 5.08. The Morgan fingerprint density at radius 2 is 2.14 bits per heavy atom. The lowest BCUT2D eigenvalue weighted by molar-refractivity contribution is 0.177. The van der Waals surface area contributed by atoms with Crippen LogP contribution >= 0.6 is 0 Å². The van der Waals surface area contributed by atoms with Crippen LogP contribution < -0.4 is 5.32 Å². The number of hydrogen-bond donors (Lipinski definition) is 2. The van der Waals surface area contributed by atoms with Gasteiger partial charge in [0.15, 0.2) is 0 Å². The average molecular weight is 194 g/mol. The van der Waals surface area contributed by atoms with Crippen molar-refractivity contribution in [1.82, 2.24) is 10.3 Å². The zero-order chi connectivity index (χ0) is 10.6. The molecule has 1 unspecified atom stereocenters. The molecule has 2 N–H and O–H groups in total. The summed E-state index contributed by atoms with van der Waals surface area (Å²) in [7, 11) is 1.82. The summed E-state index contributed by atoms with van der Waals surface area (Å²) in [6.45, 7) is 4.76. The van der Waals surface area contributed by atoms with E-state index in [-0.39, 0.29) is 0 Å². The Morgan fingerprint density at radius 3 is 2.57 bits per heavy atom. The first-order chi connectivity index (χ1) is 6.65. The van der Waals surface area contributed by atoms with Gasteiger partial charge in [-0.25, -0.2) is 0 Å². The van der Waals surface area contributed by atoms with Gasteiger partial charge in [0.25, 0.3) is 0 Å². The van der Waals surface area contributed by atoms with Crippen LogP contribution in [-0.4, -0.2) is 23.7 Å². The predicted octanol–water partition coefficient (Wildman–Crippen LogP) is 1.46. The lowest BCUT2D eigenvalue weighted by Gasteiger charge is -2.11. The molecule has 0 amide bonds. The van der Waals surface area contributed by atoms with Gasteiger partial charge < -0.3 is 10.4 Å². The van der Waals surface area contributed by atoms with Crippen LogP contribution in [0, 0.1) is 0 Å². The maximum atomic E-state index is 9.65. The molecule has 0 saturated heterocycles. The summed E-state index contributed by atoms with van der Waals surface area (Å²) in [6.07, 6.45) is 1.28. The predicted molar refractivity (Wildman–Crippen MR) is 57.2 cm³/mol. The van der Waals surface area contributed by atoms with Crippen molar-refractivity contribution in [2.24, 2.45) is 0 Å². The van der Waals surface area contributed by atoms with Crippen LogP contribution in [-0.2, 0) is 0 Å². The van der Waals surface area contributed by atoms with Gasteiger partial charge in [0, 0.05) is 24.0 Å². The van der Waals surface area contributed by atoms with Gasteiger partial charge >= 0.3 is 0 Å². The molecule has 1 heterocycles. The molecule has 0 spiro atoms. The minimum atomic E-state index is -0.464. The van der Waals surface area contributed by atoms with E-state index in [0.717, 1.165) is 11.3 Å².